The Bertz CT molecular complexity index is 1280. The largest absolute Gasteiger partial charge is 0.478 e. The van der Waals surface area contributed by atoms with Gasteiger partial charge in [0.25, 0.3) is 0 Å². The van der Waals surface area contributed by atoms with E-state index in [0.717, 1.165) is 67.6 Å². The summed E-state index contributed by atoms with van der Waals surface area (Å²) in [6.07, 6.45) is 5.54. The minimum atomic E-state index is -0.893. The van der Waals surface area contributed by atoms with Crippen LogP contribution in [0.4, 0.5) is 4.39 Å². The third-order valence-corrected chi connectivity index (χ3v) is 7.99. The second kappa shape index (κ2) is 11.6. The van der Waals surface area contributed by atoms with Crippen LogP contribution in [0.15, 0.2) is 66.7 Å². The number of rotatable bonds is 8. The highest BCUT2D eigenvalue weighted by Gasteiger charge is 2.24. The molecule has 192 valence electrons. The number of carboxylic acids is 1. The van der Waals surface area contributed by atoms with Crippen LogP contribution >= 0.6 is 11.6 Å². The minimum absolute atomic E-state index is 0.239. The van der Waals surface area contributed by atoms with Crippen molar-refractivity contribution in [1.29, 1.82) is 0 Å². The van der Waals surface area contributed by atoms with Crippen molar-refractivity contribution >= 4 is 28.7 Å². The number of allylic oxidation sites excluding steroid dienone is 1. The van der Waals surface area contributed by atoms with Crippen LogP contribution in [0.3, 0.4) is 0 Å². The van der Waals surface area contributed by atoms with Gasteiger partial charge in [0.15, 0.2) is 0 Å². The first kappa shape index (κ1) is 25.7. The first-order valence-corrected chi connectivity index (χ1v) is 13.6. The van der Waals surface area contributed by atoms with Gasteiger partial charge in [-0.05, 0) is 114 Å². The van der Waals surface area contributed by atoms with Crippen LogP contribution in [-0.4, -0.2) is 42.3 Å². The molecule has 5 heteroatoms. The van der Waals surface area contributed by atoms with Gasteiger partial charge in [-0.25, -0.2) is 4.79 Å². The Balaban J connectivity index is 1.48. The summed E-state index contributed by atoms with van der Waals surface area (Å²) in [6.45, 7) is 2.73. The first-order chi connectivity index (χ1) is 18.0. The predicted molar refractivity (Wildman–Crippen MR) is 149 cm³/mol. The Labute approximate surface area is 223 Å². The number of alkyl halides is 1. The maximum Gasteiger partial charge on any atom is 0.335 e. The number of halogens is 2. The van der Waals surface area contributed by atoms with Gasteiger partial charge in [0, 0.05) is 18.1 Å². The third kappa shape index (κ3) is 5.97. The molecule has 1 heterocycles. The first-order valence-electron chi connectivity index (χ1n) is 13.2. The van der Waals surface area contributed by atoms with E-state index < -0.39 is 5.97 Å². The average Bonchev–Trinajstić information content (AvgIpc) is 3.26. The summed E-state index contributed by atoms with van der Waals surface area (Å²) in [4.78, 5) is 14.0. The highest BCUT2D eigenvalue weighted by Crippen LogP contribution is 2.40. The number of likely N-dealkylation sites (tertiary alicyclic amines) is 1. The molecule has 1 aliphatic carbocycles. The number of nitrogens with zero attached hydrogens (tertiary/aromatic N) is 1. The zero-order valence-corrected chi connectivity index (χ0v) is 21.8. The number of benzene rings is 3. The molecule has 0 radical (unpaired) electrons. The van der Waals surface area contributed by atoms with Gasteiger partial charge < -0.3 is 10.0 Å². The van der Waals surface area contributed by atoms with E-state index in [1.807, 2.05) is 24.3 Å². The minimum Gasteiger partial charge on any atom is -0.478 e. The Morgan fingerprint density at radius 2 is 1.76 bits per heavy atom. The molecule has 0 aromatic heterocycles. The van der Waals surface area contributed by atoms with Crippen molar-refractivity contribution in [3.05, 3.63) is 105 Å². The molecule has 0 amide bonds. The number of carboxylic acid groups (broad SMARTS) is 1. The highest BCUT2D eigenvalue weighted by atomic mass is 35.5. The van der Waals surface area contributed by atoms with E-state index in [9.17, 15) is 14.3 Å². The van der Waals surface area contributed by atoms with E-state index in [-0.39, 0.29) is 6.67 Å². The third-order valence-electron chi connectivity index (χ3n) is 7.73. The fourth-order valence-electron chi connectivity index (χ4n) is 5.90. The predicted octanol–water partition coefficient (Wildman–Crippen LogP) is 7.56. The molecule has 0 bridgehead atoms. The Hall–Kier alpha value is -2.95. The lowest BCUT2D eigenvalue weighted by Crippen LogP contribution is -2.22. The number of aromatic carboxylic acids is 1. The van der Waals surface area contributed by atoms with Gasteiger partial charge in [0.2, 0.25) is 0 Å². The monoisotopic (exact) mass is 517 g/mol. The fraction of sp³-hybridized carbons (Fsp3) is 0.344. The van der Waals surface area contributed by atoms with Gasteiger partial charge in [-0.3, -0.25) is 4.39 Å². The molecule has 1 atom stereocenters. The standard InChI is InChI=1S/C32H33ClFNO2/c33-28-12-9-24(10-13-28)29-4-1-3-26-20-27(32(36)37)11-14-30(26)31(29)25-7-5-22(6-8-25)19-23-15-18-35(21-23)17-2-16-34/h5-14,20,23H,1-4,15-19,21H2,(H,36,37). The van der Waals surface area contributed by atoms with Crippen LogP contribution < -0.4 is 0 Å². The zero-order valence-electron chi connectivity index (χ0n) is 21.1. The molecule has 0 saturated carbocycles. The molecular formula is C32H33ClFNO2. The summed E-state index contributed by atoms with van der Waals surface area (Å²) in [7, 11) is 0. The second-order valence-electron chi connectivity index (χ2n) is 10.3. The number of hydrogen-bond acceptors (Lipinski definition) is 2. The van der Waals surface area contributed by atoms with E-state index >= 15 is 0 Å². The number of hydrogen-bond donors (Lipinski definition) is 1. The van der Waals surface area contributed by atoms with Gasteiger partial charge in [0.1, 0.15) is 0 Å². The normalized spacial score (nSPS) is 18.1. The molecule has 5 rings (SSSR count). The molecule has 0 spiro atoms. The van der Waals surface area contributed by atoms with Crippen LogP contribution in [0, 0.1) is 5.92 Å². The Morgan fingerprint density at radius 3 is 2.49 bits per heavy atom. The lowest BCUT2D eigenvalue weighted by atomic mass is 9.86. The quantitative estimate of drug-likeness (QED) is 0.335. The van der Waals surface area contributed by atoms with E-state index in [0.29, 0.717) is 22.9 Å². The van der Waals surface area contributed by atoms with Crippen LogP contribution in [0.5, 0.6) is 0 Å². The van der Waals surface area contributed by atoms with Gasteiger partial charge in [-0.1, -0.05) is 54.1 Å². The van der Waals surface area contributed by atoms with Crippen LogP contribution in [0.2, 0.25) is 5.02 Å². The lowest BCUT2D eigenvalue weighted by molar-refractivity contribution is 0.0696. The number of carbonyl (C=O) groups is 1. The van der Waals surface area contributed by atoms with Crippen molar-refractivity contribution in [2.45, 2.75) is 38.5 Å². The van der Waals surface area contributed by atoms with Crippen molar-refractivity contribution in [2.75, 3.05) is 26.3 Å². The lowest BCUT2D eigenvalue weighted by Gasteiger charge is -2.18. The summed E-state index contributed by atoms with van der Waals surface area (Å²) in [5.41, 5.74) is 8.60. The summed E-state index contributed by atoms with van der Waals surface area (Å²) in [5.74, 6) is -0.280. The van der Waals surface area contributed by atoms with Gasteiger partial charge in [0.05, 0.1) is 12.2 Å². The van der Waals surface area contributed by atoms with Crippen molar-refractivity contribution in [3.8, 4) is 0 Å². The zero-order chi connectivity index (χ0) is 25.8. The molecule has 2 aliphatic rings. The summed E-state index contributed by atoms with van der Waals surface area (Å²) in [5, 5.41) is 10.3. The number of fused-ring (bicyclic) bond motifs is 1. The molecule has 1 saturated heterocycles. The molecule has 1 fully saturated rings. The van der Waals surface area contributed by atoms with Crippen molar-refractivity contribution in [3.63, 3.8) is 0 Å². The van der Waals surface area contributed by atoms with Crippen LogP contribution in [0.1, 0.15) is 63.9 Å². The molecule has 1 N–H and O–H groups in total. The molecular weight excluding hydrogens is 485 g/mol. The van der Waals surface area contributed by atoms with Crippen molar-refractivity contribution < 1.29 is 14.3 Å². The second-order valence-corrected chi connectivity index (χ2v) is 10.7. The topological polar surface area (TPSA) is 40.5 Å². The summed E-state index contributed by atoms with van der Waals surface area (Å²) < 4.78 is 12.5. The average molecular weight is 518 g/mol. The van der Waals surface area contributed by atoms with E-state index in [1.165, 1.54) is 23.1 Å². The van der Waals surface area contributed by atoms with E-state index in [1.54, 1.807) is 6.07 Å². The highest BCUT2D eigenvalue weighted by molar-refractivity contribution is 6.30. The van der Waals surface area contributed by atoms with E-state index in [2.05, 4.69) is 41.3 Å². The summed E-state index contributed by atoms with van der Waals surface area (Å²) in [6, 6.07) is 22.5. The maximum atomic E-state index is 12.5. The Kier molecular flexibility index (Phi) is 8.07. The smallest absolute Gasteiger partial charge is 0.335 e. The van der Waals surface area contributed by atoms with Crippen LogP contribution in [0.25, 0.3) is 11.1 Å². The van der Waals surface area contributed by atoms with Crippen LogP contribution in [-0.2, 0) is 12.8 Å². The fourth-order valence-corrected chi connectivity index (χ4v) is 6.02. The molecule has 37 heavy (non-hydrogen) atoms. The summed E-state index contributed by atoms with van der Waals surface area (Å²) >= 11 is 6.19. The molecule has 3 nitrogen and oxygen atoms in total. The van der Waals surface area contributed by atoms with Gasteiger partial charge in [-0.15, -0.1) is 0 Å². The van der Waals surface area contributed by atoms with E-state index in [4.69, 9.17) is 11.6 Å². The van der Waals surface area contributed by atoms with Gasteiger partial charge >= 0.3 is 5.97 Å². The number of aryl methyl sites for hydroxylation is 1. The van der Waals surface area contributed by atoms with Gasteiger partial charge in [-0.2, -0.15) is 0 Å². The Morgan fingerprint density at radius 1 is 1.00 bits per heavy atom. The molecule has 1 unspecified atom stereocenters. The van der Waals surface area contributed by atoms with Crippen molar-refractivity contribution in [1.82, 2.24) is 4.90 Å². The molecule has 3 aromatic carbocycles. The molecule has 1 aliphatic heterocycles. The van der Waals surface area contributed by atoms with Crippen molar-refractivity contribution in [2.24, 2.45) is 5.92 Å². The maximum absolute atomic E-state index is 12.5. The molecule has 3 aromatic rings. The SMILES string of the molecule is O=C(O)c1ccc2c(c1)CCCC(c1ccc(Cl)cc1)=C2c1ccc(CC2CCN(CCCF)C2)cc1.